The van der Waals surface area contributed by atoms with Gasteiger partial charge in [0.1, 0.15) is 6.07 Å². The molecule has 1 aliphatic rings. The van der Waals surface area contributed by atoms with E-state index in [0.717, 1.165) is 13.0 Å². The highest BCUT2D eigenvalue weighted by Crippen LogP contribution is 2.22. The summed E-state index contributed by atoms with van der Waals surface area (Å²) in [4.78, 5) is 0. The van der Waals surface area contributed by atoms with Gasteiger partial charge in [-0.3, -0.25) is 0 Å². The fourth-order valence-corrected chi connectivity index (χ4v) is 1.37. The molecule has 0 aromatic heterocycles. The highest BCUT2D eigenvalue weighted by molar-refractivity contribution is 6.00. The second-order valence-corrected chi connectivity index (χ2v) is 3.04. The number of hydrogen-bond donors (Lipinski definition) is 1. The van der Waals surface area contributed by atoms with Gasteiger partial charge in [-0.2, -0.15) is 5.26 Å². The second kappa shape index (κ2) is 4.07. The lowest BCUT2D eigenvalue weighted by atomic mass is 9.87. The SMILES string of the molecule is CC1CCOCC1/C(C#N)=N/O. The van der Waals surface area contributed by atoms with E-state index in [-0.39, 0.29) is 11.6 Å². The van der Waals surface area contributed by atoms with Gasteiger partial charge in [-0.1, -0.05) is 12.1 Å². The van der Waals surface area contributed by atoms with Gasteiger partial charge >= 0.3 is 0 Å². The maximum absolute atomic E-state index is 8.60. The van der Waals surface area contributed by atoms with E-state index >= 15 is 0 Å². The summed E-state index contributed by atoms with van der Waals surface area (Å²) >= 11 is 0. The molecule has 2 atom stereocenters. The molecule has 0 aromatic rings. The van der Waals surface area contributed by atoms with Crippen molar-refractivity contribution in [3.8, 4) is 6.07 Å². The third kappa shape index (κ3) is 1.74. The molecule has 0 bridgehead atoms. The van der Waals surface area contributed by atoms with E-state index in [1.165, 1.54) is 0 Å². The van der Waals surface area contributed by atoms with Gasteiger partial charge in [0.2, 0.25) is 0 Å². The first-order valence-electron chi connectivity index (χ1n) is 3.99. The molecule has 4 heteroatoms. The molecule has 1 fully saturated rings. The molecule has 0 aromatic carbocycles. The third-order valence-corrected chi connectivity index (χ3v) is 2.28. The Bertz CT molecular complexity index is 220. The standard InChI is InChI=1S/C8H12N2O2/c1-6-2-3-12-5-7(6)8(4-9)10-11/h6-7,11H,2-3,5H2,1H3/b10-8+. The molecule has 0 aliphatic carbocycles. The maximum atomic E-state index is 8.60. The molecule has 0 saturated carbocycles. The molecular weight excluding hydrogens is 156 g/mol. The van der Waals surface area contributed by atoms with E-state index in [1.807, 2.05) is 13.0 Å². The van der Waals surface area contributed by atoms with Crippen molar-refractivity contribution in [3.05, 3.63) is 0 Å². The second-order valence-electron chi connectivity index (χ2n) is 3.04. The van der Waals surface area contributed by atoms with Crippen LogP contribution in [0.3, 0.4) is 0 Å². The van der Waals surface area contributed by atoms with E-state index in [4.69, 9.17) is 15.2 Å². The lowest BCUT2D eigenvalue weighted by molar-refractivity contribution is 0.0474. The van der Waals surface area contributed by atoms with E-state index in [2.05, 4.69) is 5.16 Å². The lowest BCUT2D eigenvalue weighted by Crippen LogP contribution is -2.31. The Labute approximate surface area is 71.4 Å². The molecule has 1 aliphatic heterocycles. The molecule has 66 valence electrons. The van der Waals surface area contributed by atoms with Crippen molar-refractivity contribution >= 4 is 5.71 Å². The Morgan fingerprint density at radius 3 is 3.00 bits per heavy atom. The van der Waals surface area contributed by atoms with E-state index in [9.17, 15) is 0 Å². The van der Waals surface area contributed by atoms with Gasteiger partial charge in [-0.15, -0.1) is 0 Å². The zero-order chi connectivity index (χ0) is 8.97. The van der Waals surface area contributed by atoms with Gasteiger partial charge in [0, 0.05) is 12.5 Å². The first kappa shape index (κ1) is 9.01. The first-order valence-corrected chi connectivity index (χ1v) is 3.99. The average molecular weight is 168 g/mol. The molecule has 0 radical (unpaired) electrons. The summed E-state index contributed by atoms with van der Waals surface area (Å²) in [6.07, 6.45) is 0.922. The molecule has 1 N–H and O–H groups in total. The summed E-state index contributed by atoms with van der Waals surface area (Å²) < 4.78 is 5.19. The highest BCUT2D eigenvalue weighted by atomic mass is 16.5. The number of oxime groups is 1. The van der Waals surface area contributed by atoms with E-state index < -0.39 is 0 Å². The predicted molar refractivity (Wildman–Crippen MR) is 42.9 cm³/mol. The number of nitrogens with zero attached hydrogens (tertiary/aromatic N) is 2. The molecule has 1 saturated heterocycles. The Morgan fingerprint density at radius 2 is 2.50 bits per heavy atom. The normalized spacial score (nSPS) is 31.2. The van der Waals surface area contributed by atoms with E-state index in [1.54, 1.807) is 0 Å². The van der Waals surface area contributed by atoms with E-state index in [0.29, 0.717) is 12.5 Å². The molecule has 12 heavy (non-hydrogen) atoms. The number of rotatable bonds is 1. The predicted octanol–water partition coefficient (Wildman–Crippen LogP) is 1.01. The summed E-state index contributed by atoms with van der Waals surface area (Å²) in [5, 5.41) is 20.1. The highest BCUT2D eigenvalue weighted by Gasteiger charge is 2.27. The van der Waals surface area contributed by atoms with Crippen molar-refractivity contribution in [3.63, 3.8) is 0 Å². The molecule has 0 amide bonds. The fourth-order valence-electron chi connectivity index (χ4n) is 1.37. The van der Waals surface area contributed by atoms with Crippen LogP contribution in [-0.2, 0) is 4.74 Å². The molecule has 1 rings (SSSR count). The van der Waals surface area contributed by atoms with Crippen molar-refractivity contribution in [2.75, 3.05) is 13.2 Å². The Hall–Kier alpha value is -1.08. The number of ether oxygens (including phenoxy) is 1. The van der Waals surface area contributed by atoms with Crippen molar-refractivity contribution in [1.82, 2.24) is 0 Å². The smallest absolute Gasteiger partial charge is 0.162 e. The maximum Gasteiger partial charge on any atom is 0.162 e. The summed E-state index contributed by atoms with van der Waals surface area (Å²) in [5.74, 6) is 0.332. The molecule has 1 heterocycles. The molecule has 0 spiro atoms. The quantitative estimate of drug-likeness (QED) is 0.361. The average Bonchev–Trinajstić information content (AvgIpc) is 2.10. The van der Waals surface area contributed by atoms with Gasteiger partial charge < -0.3 is 9.94 Å². The summed E-state index contributed by atoms with van der Waals surface area (Å²) in [6.45, 7) is 3.27. The van der Waals surface area contributed by atoms with Gasteiger partial charge in [0.25, 0.3) is 0 Å². The van der Waals surface area contributed by atoms with Crippen LogP contribution in [0.4, 0.5) is 0 Å². The molecule has 4 nitrogen and oxygen atoms in total. The minimum absolute atomic E-state index is 0.0336. The molecular formula is C8H12N2O2. The largest absolute Gasteiger partial charge is 0.410 e. The van der Waals surface area contributed by atoms with Crippen LogP contribution in [0.25, 0.3) is 0 Å². The topological polar surface area (TPSA) is 65.6 Å². The Kier molecular flexibility index (Phi) is 3.06. The molecule has 2 unspecified atom stereocenters. The van der Waals surface area contributed by atoms with Crippen molar-refractivity contribution < 1.29 is 9.94 Å². The zero-order valence-corrected chi connectivity index (χ0v) is 7.03. The van der Waals surface area contributed by atoms with Crippen LogP contribution in [-0.4, -0.2) is 24.1 Å². The van der Waals surface area contributed by atoms with Gasteiger partial charge in [-0.05, 0) is 12.3 Å². The van der Waals surface area contributed by atoms with Gasteiger partial charge in [0.15, 0.2) is 5.71 Å². The van der Waals surface area contributed by atoms with Crippen molar-refractivity contribution in [2.45, 2.75) is 13.3 Å². The minimum atomic E-state index is -0.0336. The van der Waals surface area contributed by atoms with Crippen LogP contribution >= 0.6 is 0 Å². The lowest BCUT2D eigenvalue weighted by Gasteiger charge is -2.26. The fraction of sp³-hybridized carbons (Fsp3) is 0.750. The minimum Gasteiger partial charge on any atom is -0.410 e. The van der Waals surface area contributed by atoms with Crippen LogP contribution in [0.1, 0.15) is 13.3 Å². The van der Waals surface area contributed by atoms with Crippen molar-refractivity contribution in [1.29, 1.82) is 5.26 Å². The van der Waals surface area contributed by atoms with Gasteiger partial charge in [-0.25, -0.2) is 0 Å². The number of nitriles is 1. The third-order valence-electron chi connectivity index (χ3n) is 2.28. The monoisotopic (exact) mass is 168 g/mol. The van der Waals surface area contributed by atoms with Crippen LogP contribution in [0.2, 0.25) is 0 Å². The van der Waals surface area contributed by atoms with Crippen LogP contribution in [0.15, 0.2) is 5.16 Å². The van der Waals surface area contributed by atoms with Crippen molar-refractivity contribution in [2.24, 2.45) is 17.0 Å². The number of hydrogen-bond acceptors (Lipinski definition) is 4. The van der Waals surface area contributed by atoms with Crippen LogP contribution in [0.5, 0.6) is 0 Å². The zero-order valence-electron chi connectivity index (χ0n) is 7.03. The summed E-state index contributed by atoms with van der Waals surface area (Å²) in [7, 11) is 0. The Balaban J connectivity index is 2.66. The van der Waals surface area contributed by atoms with Crippen LogP contribution < -0.4 is 0 Å². The summed E-state index contributed by atoms with van der Waals surface area (Å²) in [6, 6.07) is 1.87. The van der Waals surface area contributed by atoms with Crippen LogP contribution in [0, 0.1) is 23.2 Å². The summed E-state index contributed by atoms with van der Waals surface area (Å²) in [5.41, 5.74) is 0.183. The Morgan fingerprint density at radius 1 is 1.75 bits per heavy atom. The van der Waals surface area contributed by atoms with Gasteiger partial charge in [0.05, 0.1) is 6.61 Å². The first-order chi connectivity index (χ1) is 5.79.